The largest absolute Gasteiger partial charge is 0.411 e. The maximum absolute atomic E-state index is 8.96. The minimum atomic E-state index is 0.786. The van der Waals surface area contributed by atoms with Crippen molar-refractivity contribution in [2.24, 2.45) is 10.3 Å². The maximum atomic E-state index is 8.96. The van der Waals surface area contributed by atoms with Crippen molar-refractivity contribution in [1.29, 1.82) is 0 Å². The van der Waals surface area contributed by atoms with Crippen LogP contribution in [-0.4, -0.2) is 22.8 Å². The summed E-state index contributed by atoms with van der Waals surface area (Å²) in [5, 5.41) is 24.4. The standard InChI is InChI=1S/C21H26N2O2/c1-12-7-14(3)20(10-22-24)16(5)18(12)9-19-13(2)8-15(4)21(11-23-25)17(19)6/h7-8,10-11,24-25H,9H2,1-6H3. The average molecular weight is 338 g/mol. The van der Waals surface area contributed by atoms with Gasteiger partial charge in [-0.2, -0.15) is 0 Å². The zero-order chi connectivity index (χ0) is 18.7. The Hall–Kier alpha value is -2.62. The van der Waals surface area contributed by atoms with E-state index in [1.54, 1.807) is 0 Å². The Morgan fingerprint density at radius 2 is 1.04 bits per heavy atom. The zero-order valence-corrected chi connectivity index (χ0v) is 15.8. The topological polar surface area (TPSA) is 65.2 Å². The van der Waals surface area contributed by atoms with Gasteiger partial charge in [-0.25, -0.2) is 0 Å². The van der Waals surface area contributed by atoms with Crippen LogP contribution in [0.4, 0.5) is 0 Å². The quantitative estimate of drug-likeness (QED) is 0.480. The van der Waals surface area contributed by atoms with Crippen molar-refractivity contribution < 1.29 is 10.4 Å². The lowest BCUT2D eigenvalue weighted by Gasteiger charge is -2.19. The van der Waals surface area contributed by atoms with Crippen LogP contribution in [0.3, 0.4) is 0 Å². The highest BCUT2D eigenvalue weighted by atomic mass is 16.4. The van der Waals surface area contributed by atoms with Gasteiger partial charge in [-0.3, -0.25) is 0 Å². The Morgan fingerprint density at radius 3 is 1.36 bits per heavy atom. The third-order valence-electron chi connectivity index (χ3n) is 5.11. The molecule has 2 N–H and O–H groups in total. The lowest BCUT2D eigenvalue weighted by molar-refractivity contribution is 0.321. The van der Waals surface area contributed by atoms with Crippen molar-refractivity contribution in [2.75, 3.05) is 0 Å². The summed E-state index contributed by atoms with van der Waals surface area (Å²) in [5.74, 6) is 0. The predicted octanol–water partition coefficient (Wildman–Crippen LogP) is 4.74. The number of nitrogens with zero attached hydrogens (tertiary/aromatic N) is 2. The van der Waals surface area contributed by atoms with E-state index in [0.29, 0.717) is 0 Å². The molecule has 132 valence electrons. The van der Waals surface area contributed by atoms with Gasteiger partial charge >= 0.3 is 0 Å². The minimum absolute atomic E-state index is 0.786. The predicted molar refractivity (Wildman–Crippen MR) is 103 cm³/mol. The van der Waals surface area contributed by atoms with Crippen molar-refractivity contribution in [1.82, 2.24) is 0 Å². The number of aryl methyl sites for hydroxylation is 4. The zero-order valence-electron chi connectivity index (χ0n) is 15.8. The minimum Gasteiger partial charge on any atom is -0.411 e. The van der Waals surface area contributed by atoms with Crippen LogP contribution in [0, 0.1) is 41.5 Å². The average Bonchev–Trinajstić information content (AvgIpc) is 2.54. The number of oxime groups is 2. The van der Waals surface area contributed by atoms with Crippen LogP contribution >= 0.6 is 0 Å². The molecule has 0 aliphatic carbocycles. The van der Waals surface area contributed by atoms with Crippen LogP contribution in [-0.2, 0) is 6.42 Å². The number of rotatable bonds is 4. The van der Waals surface area contributed by atoms with E-state index in [1.807, 2.05) is 13.8 Å². The molecule has 0 aromatic heterocycles. The van der Waals surface area contributed by atoms with E-state index in [0.717, 1.165) is 39.8 Å². The highest BCUT2D eigenvalue weighted by Crippen LogP contribution is 2.28. The van der Waals surface area contributed by atoms with Gasteiger partial charge in [0.15, 0.2) is 0 Å². The molecule has 2 aromatic rings. The molecule has 0 spiro atoms. The van der Waals surface area contributed by atoms with Gasteiger partial charge in [-0.05, 0) is 92.5 Å². The van der Waals surface area contributed by atoms with Crippen LogP contribution in [0.2, 0.25) is 0 Å². The SMILES string of the molecule is Cc1cc(C)c(Cc2c(C)cc(C)c(C=NO)c2C)c(C)c1C=NO. The first-order valence-corrected chi connectivity index (χ1v) is 8.36. The van der Waals surface area contributed by atoms with E-state index in [1.165, 1.54) is 34.7 Å². The van der Waals surface area contributed by atoms with E-state index in [2.05, 4.69) is 50.1 Å². The van der Waals surface area contributed by atoms with E-state index >= 15 is 0 Å². The van der Waals surface area contributed by atoms with Crippen LogP contribution in [0.25, 0.3) is 0 Å². The van der Waals surface area contributed by atoms with Crippen molar-refractivity contribution >= 4 is 12.4 Å². The van der Waals surface area contributed by atoms with E-state index < -0.39 is 0 Å². The lowest BCUT2D eigenvalue weighted by atomic mass is 9.85. The molecule has 25 heavy (non-hydrogen) atoms. The molecule has 0 aliphatic rings. The first-order chi connectivity index (χ1) is 11.8. The number of hydrogen-bond acceptors (Lipinski definition) is 4. The molecule has 4 nitrogen and oxygen atoms in total. The monoisotopic (exact) mass is 338 g/mol. The van der Waals surface area contributed by atoms with Gasteiger partial charge in [0.2, 0.25) is 0 Å². The second-order valence-electron chi connectivity index (χ2n) is 6.72. The first kappa shape index (κ1) is 18.7. The molecule has 0 amide bonds. The fourth-order valence-electron chi connectivity index (χ4n) is 3.72. The molecule has 2 rings (SSSR count). The molecule has 0 saturated heterocycles. The fraction of sp³-hybridized carbons (Fsp3) is 0.333. The van der Waals surface area contributed by atoms with Crippen molar-refractivity contribution in [3.8, 4) is 0 Å². The van der Waals surface area contributed by atoms with E-state index in [9.17, 15) is 0 Å². The Balaban J connectivity index is 2.65. The lowest BCUT2D eigenvalue weighted by Crippen LogP contribution is -2.07. The number of hydrogen-bond donors (Lipinski definition) is 2. The molecule has 0 bridgehead atoms. The molecule has 4 heteroatoms. The Bertz CT molecular complexity index is 794. The van der Waals surface area contributed by atoms with Crippen molar-refractivity contribution in [2.45, 2.75) is 48.0 Å². The molecule has 0 atom stereocenters. The molecule has 0 unspecified atom stereocenters. The van der Waals surface area contributed by atoms with Crippen molar-refractivity contribution in [3.63, 3.8) is 0 Å². The molecular weight excluding hydrogens is 312 g/mol. The third-order valence-corrected chi connectivity index (χ3v) is 5.11. The van der Waals surface area contributed by atoms with E-state index in [4.69, 9.17) is 10.4 Å². The van der Waals surface area contributed by atoms with Gasteiger partial charge in [-0.15, -0.1) is 0 Å². The first-order valence-electron chi connectivity index (χ1n) is 8.36. The Labute approximate surface area is 149 Å². The van der Waals surface area contributed by atoms with Gasteiger partial charge < -0.3 is 10.4 Å². The second-order valence-corrected chi connectivity index (χ2v) is 6.72. The summed E-state index contributed by atoms with van der Waals surface area (Å²) in [5.41, 5.74) is 11.3. The highest BCUT2D eigenvalue weighted by molar-refractivity contribution is 5.85. The summed E-state index contributed by atoms with van der Waals surface area (Å²) in [6.45, 7) is 12.4. The third kappa shape index (κ3) is 3.58. The molecule has 0 heterocycles. The normalized spacial score (nSPS) is 11.8. The summed E-state index contributed by atoms with van der Waals surface area (Å²) in [4.78, 5) is 0. The van der Waals surface area contributed by atoms with Crippen LogP contribution in [0.15, 0.2) is 22.4 Å². The number of benzene rings is 2. The van der Waals surface area contributed by atoms with Crippen LogP contribution < -0.4 is 0 Å². The van der Waals surface area contributed by atoms with Gasteiger partial charge in [0.05, 0.1) is 12.4 Å². The van der Waals surface area contributed by atoms with Crippen LogP contribution in [0.5, 0.6) is 0 Å². The molecular formula is C21H26N2O2. The smallest absolute Gasteiger partial charge is 0.0739 e. The summed E-state index contributed by atoms with van der Waals surface area (Å²) >= 11 is 0. The van der Waals surface area contributed by atoms with Gasteiger partial charge in [0.1, 0.15) is 0 Å². The summed E-state index contributed by atoms with van der Waals surface area (Å²) in [6.07, 6.45) is 3.80. The second kappa shape index (κ2) is 7.51. The summed E-state index contributed by atoms with van der Waals surface area (Å²) in [7, 11) is 0. The summed E-state index contributed by atoms with van der Waals surface area (Å²) < 4.78 is 0. The van der Waals surface area contributed by atoms with E-state index in [-0.39, 0.29) is 0 Å². The summed E-state index contributed by atoms with van der Waals surface area (Å²) in [6, 6.07) is 4.27. The molecule has 0 aliphatic heterocycles. The van der Waals surface area contributed by atoms with Gasteiger partial charge in [0, 0.05) is 11.1 Å². The Kier molecular flexibility index (Phi) is 5.62. The van der Waals surface area contributed by atoms with Crippen molar-refractivity contribution in [3.05, 3.63) is 67.8 Å². The molecule has 0 saturated carbocycles. The Morgan fingerprint density at radius 1 is 0.680 bits per heavy atom. The molecule has 0 fully saturated rings. The van der Waals surface area contributed by atoms with Gasteiger partial charge in [-0.1, -0.05) is 22.4 Å². The van der Waals surface area contributed by atoms with Gasteiger partial charge in [0.25, 0.3) is 0 Å². The molecule has 0 radical (unpaired) electrons. The van der Waals surface area contributed by atoms with Crippen LogP contribution in [0.1, 0.15) is 55.6 Å². The highest BCUT2D eigenvalue weighted by Gasteiger charge is 2.15. The fourth-order valence-corrected chi connectivity index (χ4v) is 3.72. The maximum Gasteiger partial charge on any atom is 0.0739 e. The molecule has 2 aromatic carbocycles.